The summed E-state index contributed by atoms with van der Waals surface area (Å²) in [4.78, 5) is 13.7. The van der Waals surface area contributed by atoms with E-state index in [1.54, 1.807) is 16.9 Å². The highest BCUT2D eigenvalue weighted by molar-refractivity contribution is 5.85. The van der Waals surface area contributed by atoms with E-state index in [1.807, 2.05) is 48.8 Å². The molecule has 0 aromatic carbocycles. The van der Waals surface area contributed by atoms with Crippen LogP contribution in [-0.4, -0.2) is 87.7 Å². The highest BCUT2D eigenvalue weighted by atomic mass is 16.5. The Bertz CT molecular complexity index is 1470. The van der Waals surface area contributed by atoms with E-state index < -0.39 is 5.60 Å². The van der Waals surface area contributed by atoms with E-state index in [4.69, 9.17) is 14.5 Å². The maximum atomic E-state index is 11.1. The minimum atomic E-state index is -0.756. The Hall–Kier alpha value is -4.04. The van der Waals surface area contributed by atoms with Crippen LogP contribution in [0.15, 0.2) is 61.2 Å². The average Bonchev–Trinajstić information content (AvgIpc) is 3.41. The number of aromatic nitrogens is 4. The molecule has 206 valence electrons. The monoisotopic (exact) mass is 539 g/mol. The molecule has 0 unspecified atom stereocenters. The van der Waals surface area contributed by atoms with E-state index in [2.05, 4.69) is 26.0 Å². The van der Waals surface area contributed by atoms with Crippen LogP contribution in [0, 0.1) is 11.3 Å². The molecule has 10 nitrogen and oxygen atoms in total. The Morgan fingerprint density at radius 2 is 1.90 bits per heavy atom. The van der Waals surface area contributed by atoms with Crippen LogP contribution in [0.2, 0.25) is 0 Å². The quantitative estimate of drug-likeness (QED) is 0.361. The van der Waals surface area contributed by atoms with Gasteiger partial charge in [-0.2, -0.15) is 10.4 Å². The van der Waals surface area contributed by atoms with E-state index in [0.29, 0.717) is 50.3 Å². The molecule has 6 heterocycles. The van der Waals surface area contributed by atoms with E-state index >= 15 is 0 Å². The molecule has 2 aliphatic rings. The van der Waals surface area contributed by atoms with Crippen molar-refractivity contribution in [3.63, 3.8) is 0 Å². The van der Waals surface area contributed by atoms with Crippen molar-refractivity contribution in [3.8, 4) is 22.9 Å². The van der Waals surface area contributed by atoms with Gasteiger partial charge in [0.25, 0.3) is 0 Å². The van der Waals surface area contributed by atoms with Crippen LogP contribution in [0.4, 0.5) is 5.82 Å². The van der Waals surface area contributed by atoms with Gasteiger partial charge in [-0.3, -0.25) is 9.88 Å². The number of hydrogen-bond acceptors (Lipinski definition) is 9. The van der Waals surface area contributed by atoms with Crippen molar-refractivity contribution in [2.24, 2.45) is 0 Å². The molecule has 4 aromatic heterocycles. The highest BCUT2D eigenvalue weighted by Gasteiger charge is 2.33. The first-order chi connectivity index (χ1) is 19.6. The molecule has 4 aromatic rings. The van der Waals surface area contributed by atoms with Crippen molar-refractivity contribution in [3.05, 3.63) is 72.4 Å². The summed E-state index contributed by atoms with van der Waals surface area (Å²) in [6.07, 6.45) is 8.87. The van der Waals surface area contributed by atoms with E-state index in [0.717, 1.165) is 61.0 Å². The van der Waals surface area contributed by atoms with Crippen LogP contribution < -0.4 is 9.64 Å². The van der Waals surface area contributed by atoms with Crippen molar-refractivity contribution in [2.45, 2.75) is 24.9 Å². The number of anilines is 1. The van der Waals surface area contributed by atoms with Crippen LogP contribution >= 0.6 is 0 Å². The molecule has 10 heteroatoms. The Morgan fingerprint density at radius 3 is 2.62 bits per heavy atom. The molecule has 0 saturated carbocycles. The van der Waals surface area contributed by atoms with Gasteiger partial charge >= 0.3 is 0 Å². The molecule has 0 atom stereocenters. The molecule has 0 spiro atoms. The zero-order valence-corrected chi connectivity index (χ0v) is 22.4. The first-order valence-corrected chi connectivity index (χ1v) is 13.8. The van der Waals surface area contributed by atoms with Gasteiger partial charge in [-0.05, 0) is 43.2 Å². The fraction of sp³-hybridized carbons (Fsp3) is 0.400. The van der Waals surface area contributed by atoms with Gasteiger partial charge in [-0.1, -0.05) is 6.07 Å². The number of nitrogens with zero attached hydrogens (tertiary/aromatic N) is 7. The molecular weight excluding hydrogens is 506 g/mol. The minimum Gasteiger partial charge on any atom is -0.491 e. The van der Waals surface area contributed by atoms with Gasteiger partial charge in [0.2, 0.25) is 0 Å². The van der Waals surface area contributed by atoms with Crippen LogP contribution in [0.3, 0.4) is 0 Å². The Balaban J connectivity index is 1.16. The van der Waals surface area contributed by atoms with Gasteiger partial charge in [0, 0.05) is 68.4 Å². The topological polar surface area (TPSA) is 112 Å². The van der Waals surface area contributed by atoms with Gasteiger partial charge in [0.05, 0.1) is 42.3 Å². The predicted molar refractivity (Wildman–Crippen MR) is 150 cm³/mol. The lowest BCUT2D eigenvalue weighted by molar-refractivity contribution is 0.0156. The molecule has 2 fully saturated rings. The van der Waals surface area contributed by atoms with Crippen LogP contribution in [0.25, 0.3) is 16.6 Å². The molecule has 2 saturated heterocycles. The smallest absolute Gasteiger partial charge is 0.138 e. The SMILES string of the molecule is N#Cc1cnn2cc(OCCN3CCOCC3)cc(-c3ccc(N4CCC(O)(Cc5ccccn5)CC4)nc3)c12. The van der Waals surface area contributed by atoms with Gasteiger partial charge in [-0.15, -0.1) is 0 Å². The number of aliphatic hydroxyl groups is 1. The van der Waals surface area contributed by atoms with Gasteiger partial charge in [0.15, 0.2) is 0 Å². The van der Waals surface area contributed by atoms with E-state index in [-0.39, 0.29) is 0 Å². The third-order valence-electron chi connectivity index (χ3n) is 7.80. The standard InChI is InChI=1S/C30H33N7O3/c31-19-24-21-34-37-22-26(40-16-13-35-11-14-39-15-12-35)17-27(29(24)37)23-4-5-28(33-20-23)36-9-6-30(38,7-10-36)18-25-3-1-2-8-32-25/h1-5,8,17,20-22,38H,6-7,9-16,18H2. The van der Waals surface area contributed by atoms with Gasteiger partial charge in [-0.25, -0.2) is 9.50 Å². The average molecular weight is 540 g/mol. The van der Waals surface area contributed by atoms with Crippen LogP contribution in [0.1, 0.15) is 24.1 Å². The Labute approximate surface area is 233 Å². The fourth-order valence-corrected chi connectivity index (χ4v) is 5.50. The van der Waals surface area contributed by atoms with Gasteiger partial charge < -0.3 is 19.5 Å². The lowest BCUT2D eigenvalue weighted by Gasteiger charge is -2.38. The molecule has 1 N–H and O–H groups in total. The molecule has 40 heavy (non-hydrogen) atoms. The summed E-state index contributed by atoms with van der Waals surface area (Å²) in [5.41, 5.74) is 3.12. The number of hydrogen-bond donors (Lipinski definition) is 1. The van der Waals surface area contributed by atoms with E-state index in [1.165, 1.54) is 0 Å². The third-order valence-corrected chi connectivity index (χ3v) is 7.80. The summed E-state index contributed by atoms with van der Waals surface area (Å²) in [5, 5.41) is 25.2. The minimum absolute atomic E-state index is 0.502. The lowest BCUT2D eigenvalue weighted by atomic mass is 9.87. The summed E-state index contributed by atoms with van der Waals surface area (Å²) in [6.45, 7) is 6.15. The summed E-state index contributed by atoms with van der Waals surface area (Å²) < 4.78 is 13.3. The number of rotatable bonds is 8. The number of ether oxygens (including phenoxy) is 2. The zero-order valence-electron chi connectivity index (χ0n) is 22.4. The number of fused-ring (bicyclic) bond motifs is 1. The fourth-order valence-electron chi connectivity index (χ4n) is 5.50. The number of nitriles is 1. The van der Waals surface area contributed by atoms with Crippen molar-refractivity contribution in [1.29, 1.82) is 5.26 Å². The molecule has 0 aliphatic carbocycles. The van der Waals surface area contributed by atoms with Crippen molar-refractivity contribution >= 4 is 11.3 Å². The number of pyridine rings is 3. The molecular formula is C30H33N7O3. The molecule has 0 bridgehead atoms. The zero-order chi connectivity index (χ0) is 27.4. The second-order valence-corrected chi connectivity index (χ2v) is 10.5. The summed E-state index contributed by atoms with van der Waals surface area (Å²) >= 11 is 0. The normalized spacial score (nSPS) is 17.6. The molecule has 0 radical (unpaired) electrons. The lowest BCUT2D eigenvalue weighted by Crippen LogP contribution is -2.46. The number of piperidine rings is 1. The Kier molecular flexibility index (Phi) is 7.60. The van der Waals surface area contributed by atoms with Crippen molar-refractivity contribution in [2.75, 3.05) is 57.4 Å². The maximum absolute atomic E-state index is 11.1. The second-order valence-electron chi connectivity index (χ2n) is 10.5. The largest absolute Gasteiger partial charge is 0.491 e. The molecule has 6 rings (SSSR count). The maximum Gasteiger partial charge on any atom is 0.138 e. The summed E-state index contributed by atoms with van der Waals surface area (Å²) in [5.74, 6) is 1.56. The Morgan fingerprint density at radius 1 is 1.05 bits per heavy atom. The summed E-state index contributed by atoms with van der Waals surface area (Å²) in [6, 6.07) is 14.1. The second kappa shape index (κ2) is 11.6. The first-order valence-electron chi connectivity index (χ1n) is 13.8. The van der Waals surface area contributed by atoms with Crippen LogP contribution in [-0.2, 0) is 11.2 Å². The third kappa shape index (κ3) is 5.77. The van der Waals surface area contributed by atoms with Crippen molar-refractivity contribution in [1.82, 2.24) is 24.5 Å². The predicted octanol–water partition coefficient (Wildman–Crippen LogP) is 2.95. The first kappa shape index (κ1) is 26.2. The van der Waals surface area contributed by atoms with Crippen LogP contribution in [0.5, 0.6) is 5.75 Å². The highest BCUT2D eigenvalue weighted by Crippen LogP contribution is 2.33. The van der Waals surface area contributed by atoms with Gasteiger partial charge in [0.1, 0.15) is 24.2 Å². The molecule has 2 aliphatic heterocycles. The van der Waals surface area contributed by atoms with Crippen molar-refractivity contribution < 1.29 is 14.6 Å². The molecule has 0 amide bonds. The summed E-state index contributed by atoms with van der Waals surface area (Å²) in [7, 11) is 0. The number of morpholine rings is 1. The van der Waals surface area contributed by atoms with E-state index in [9.17, 15) is 10.4 Å².